The van der Waals surface area contributed by atoms with Crippen molar-refractivity contribution in [3.8, 4) is 10.4 Å². The first-order valence-electron chi connectivity index (χ1n) is 7.03. The van der Waals surface area contributed by atoms with Crippen LogP contribution in [0.2, 0.25) is 0 Å². The number of piperidine rings is 1. The molecule has 3 nitrogen and oxygen atoms in total. The molecule has 2 heterocycles. The maximum absolute atomic E-state index is 12.7. The summed E-state index contributed by atoms with van der Waals surface area (Å²) in [4.78, 5) is 18.3. The second-order valence-electron chi connectivity index (χ2n) is 5.17. The zero-order valence-corrected chi connectivity index (χ0v) is 12.4. The minimum atomic E-state index is 0.125. The lowest BCUT2D eigenvalue weighted by Gasteiger charge is -2.20. The summed E-state index contributed by atoms with van der Waals surface area (Å²) in [5, 5.41) is 4.26. The van der Waals surface area contributed by atoms with Gasteiger partial charge in [0.25, 0.3) is 0 Å². The summed E-state index contributed by atoms with van der Waals surface area (Å²) in [5.41, 5.74) is 1.76. The third-order valence-electron chi connectivity index (χ3n) is 3.71. The molecule has 4 heteroatoms. The van der Waals surface area contributed by atoms with E-state index in [4.69, 9.17) is 0 Å². The van der Waals surface area contributed by atoms with E-state index in [1.54, 1.807) is 11.3 Å². The smallest absolute Gasteiger partial charge is 0.185 e. The molecule has 20 heavy (non-hydrogen) atoms. The Hall–Kier alpha value is -1.52. The van der Waals surface area contributed by atoms with Gasteiger partial charge in [-0.2, -0.15) is 0 Å². The standard InChI is InChI=1S/C16H18N2OS/c1-11-18-14(15(19)12-7-9-17-10-8-12)16(20-11)13-5-3-2-4-6-13/h2-6,12,17H,7-10H2,1H3. The molecule has 0 amide bonds. The molecule has 3 rings (SSSR count). The van der Waals surface area contributed by atoms with Crippen molar-refractivity contribution in [2.45, 2.75) is 19.8 Å². The molecule has 1 saturated heterocycles. The fraction of sp³-hybridized carbons (Fsp3) is 0.375. The molecule has 1 fully saturated rings. The lowest BCUT2D eigenvalue weighted by molar-refractivity contribution is 0.0891. The van der Waals surface area contributed by atoms with Gasteiger partial charge in [-0.3, -0.25) is 4.79 Å². The van der Waals surface area contributed by atoms with Crippen molar-refractivity contribution in [1.29, 1.82) is 0 Å². The molecule has 0 aliphatic carbocycles. The predicted molar refractivity (Wildman–Crippen MR) is 82.2 cm³/mol. The number of hydrogen-bond donors (Lipinski definition) is 1. The number of carbonyl (C=O) groups excluding carboxylic acids is 1. The first kappa shape index (κ1) is 13.5. The maximum Gasteiger partial charge on any atom is 0.185 e. The number of nitrogens with zero attached hydrogens (tertiary/aromatic N) is 1. The van der Waals surface area contributed by atoms with Crippen molar-refractivity contribution < 1.29 is 4.79 Å². The molecule has 104 valence electrons. The topological polar surface area (TPSA) is 42.0 Å². The van der Waals surface area contributed by atoms with Crippen LogP contribution in [0.1, 0.15) is 28.3 Å². The van der Waals surface area contributed by atoms with Crippen LogP contribution in [0, 0.1) is 12.8 Å². The Bertz CT molecular complexity index is 600. The number of hydrogen-bond acceptors (Lipinski definition) is 4. The second-order valence-corrected chi connectivity index (χ2v) is 6.37. The van der Waals surface area contributed by atoms with Gasteiger partial charge in [0.05, 0.1) is 9.88 Å². The summed E-state index contributed by atoms with van der Waals surface area (Å²) in [6.07, 6.45) is 1.84. The number of nitrogens with one attached hydrogen (secondary N) is 1. The summed E-state index contributed by atoms with van der Waals surface area (Å²) < 4.78 is 0. The molecule has 0 saturated carbocycles. The lowest BCUT2D eigenvalue weighted by atomic mass is 9.91. The van der Waals surface area contributed by atoms with E-state index in [1.165, 1.54) is 0 Å². The molecule has 1 aliphatic heterocycles. The van der Waals surface area contributed by atoms with Crippen LogP contribution >= 0.6 is 11.3 Å². The van der Waals surface area contributed by atoms with E-state index >= 15 is 0 Å². The molecule has 1 aliphatic rings. The van der Waals surface area contributed by atoms with Gasteiger partial charge in [0.15, 0.2) is 5.78 Å². The molecular weight excluding hydrogens is 268 g/mol. The van der Waals surface area contributed by atoms with E-state index in [1.807, 2.05) is 37.3 Å². The number of aromatic nitrogens is 1. The average Bonchev–Trinajstić information content (AvgIpc) is 2.90. The van der Waals surface area contributed by atoms with E-state index in [0.717, 1.165) is 41.4 Å². The number of Topliss-reactive ketones (excluding diaryl/α,β-unsaturated/α-hetero) is 1. The highest BCUT2D eigenvalue weighted by molar-refractivity contribution is 7.15. The molecule has 2 aromatic rings. The predicted octanol–water partition coefficient (Wildman–Crippen LogP) is 3.30. The molecular formula is C16H18N2OS. The monoisotopic (exact) mass is 286 g/mol. The minimum absolute atomic E-state index is 0.125. The van der Waals surface area contributed by atoms with Crippen LogP contribution in [0.25, 0.3) is 10.4 Å². The van der Waals surface area contributed by atoms with Gasteiger partial charge < -0.3 is 5.32 Å². The van der Waals surface area contributed by atoms with Crippen LogP contribution in [-0.2, 0) is 0 Å². The molecule has 1 N–H and O–H groups in total. The van der Waals surface area contributed by atoms with E-state index in [0.29, 0.717) is 5.69 Å². The van der Waals surface area contributed by atoms with Gasteiger partial charge in [-0.15, -0.1) is 11.3 Å². The van der Waals surface area contributed by atoms with Crippen molar-refractivity contribution >= 4 is 17.1 Å². The number of benzene rings is 1. The van der Waals surface area contributed by atoms with Gasteiger partial charge in [-0.25, -0.2) is 4.98 Å². The molecule has 0 radical (unpaired) electrons. The summed E-state index contributed by atoms with van der Waals surface area (Å²) in [6.45, 7) is 3.83. The van der Waals surface area contributed by atoms with Gasteiger partial charge >= 0.3 is 0 Å². The first-order chi connectivity index (χ1) is 9.75. The van der Waals surface area contributed by atoms with E-state index in [9.17, 15) is 4.79 Å². The number of rotatable bonds is 3. The van der Waals surface area contributed by atoms with Crippen molar-refractivity contribution in [3.05, 3.63) is 41.0 Å². The Labute approximate surface area is 123 Å². The van der Waals surface area contributed by atoms with Gasteiger partial charge in [0.2, 0.25) is 0 Å². The number of thiazole rings is 1. The second kappa shape index (κ2) is 5.85. The number of ketones is 1. The van der Waals surface area contributed by atoms with Gasteiger partial charge in [0, 0.05) is 5.92 Å². The molecule has 0 atom stereocenters. The van der Waals surface area contributed by atoms with Crippen LogP contribution < -0.4 is 5.32 Å². The average molecular weight is 286 g/mol. The minimum Gasteiger partial charge on any atom is -0.317 e. The van der Waals surface area contributed by atoms with Crippen molar-refractivity contribution in [2.75, 3.05) is 13.1 Å². The van der Waals surface area contributed by atoms with Gasteiger partial charge in [-0.1, -0.05) is 30.3 Å². The van der Waals surface area contributed by atoms with Crippen molar-refractivity contribution in [2.24, 2.45) is 5.92 Å². The van der Waals surface area contributed by atoms with Gasteiger partial charge in [0.1, 0.15) is 5.69 Å². The SMILES string of the molecule is Cc1nc(C(=O)C2CCNCC2)c(-c2ccccc2)s1. The molecule has 0 unspecified atom stereocenters. The largest absolute Gasteiger partial charge is 0.317 e. The van der Waals surface area contributed by atoms with Crippen molar-refractivity contribution in [1.82, 2.24) is 10.3 Å². The quantitative estimate of drug-likeness (QED) is 0.880. The zero-order valence-electron chi connectivity index (χ0n) is 11.6. The Morgan fingerprint density at radius 1 is 1.25 bits per heavy atom. The Balaban J connectivity index is 1.95. The van der Waals surface area contributed by atoms with Crippen LogP contribution in [0.5, 0.6) is 0 Å². The van der Waals surface area contributed by atoms with Crippen LogP contribution in [0.3, 0.4) is 0 Å². The Morgan fingerprint density at radius 3 is 2.65 bits per heavy atom. The summed E-state index contributed by atoms with van der Waals surface area (Å²) in [5.74, 6) is 0.343. The number of aryl methyl sites for hydroxylation is 1. The summed E-state index contributed by atoms with van der Waals surface area (Å²) in [6, 6.07) is 10.1. The van der Waals surface area contributed by atoms with Crippen molar-refractivity contribution in [3.63, 3.8) is 0 Å². The fourth-order valence-corrected chi connectivity index (χ4v) is 3.59. The Kier molecular flexibility index (Phi) is 3.94. The molecule has 1 aromatic heterocycles. The van der Waals surface area contributed by atoms with Crippen LogP contribution in [-0.4, -0.2) is 23.9 Å². The number of carbonyl (C=O) groups is 1. The van der Waals surface area contributed by atoms with Gasteiger partial charge in [-0.05, 0) is 38.4 Å². The normalized spacial score (nSPS) is 16.2. The van der Waals surface area contributed by atoms with E-state index in [2.05, 4.69) is 10.3 Å². The summed E-state index contributed by atoms with van der Waals surface area (Å²) in [7, 11) is 0. The van der Waals surface area contributed by atoms with Crippen LogP contribution in [0.15, 0.2) is 30.3 Å². The summed E-state index contributed by atoms with van der Waals surface area (Å²) >= 11 is 1.61. The Morgan fingerprint density at radius 2 is 1.95 bits per heavy atom. The third-order valence-corrected chi connectivity index (χ3v) is 4.73. The zero-order chi connectivity index (χ0) is 13.9. The first-order valence-corrected chi connectivity index (χ1v) is 7.85. The molecule has 0 spiro atoms. The fourth-order valence-electron chi connectivity index (χ4n) is 2.66. The molecule has 1 aromatic carbocycles. The van der Waals surface area contributed by atoms with E-state index < -0.39 is 0 Å². The highest BCUT2D eigenvalue weighted by Crippen LogP contribution is 2.32. The third kappa shape index (κ3) is 2.67. The molecule has 0 bridgehead atoms. The highest BCUT2D eigenvalue weighted by Gasteiger charge is 2.27. The lowest BCUT2D eigenvalue weighted by Crippen LogP contribution is -2.32. The highest BCUT2D eigenvalue weighted by atomic mass is 32.1. The maximum atomic E-state index is 12.7. The van der Waals surface area contributed by atoms with Crippen LogP contribution in [0.4, 0.5) is 0 Å². The van der Waals surface area contributed by atoms with E-state index in [-0.39, 0.29) is 11.7 Å².